The third-order valence-electron chi connectivity index (χ3n) is 6.55. The second-order valence-corrected chi connectivity index (χ2v) is 7.95. The summed E-state index contributed by atoms with van der Waals surface area (Å²) in [6.07, 6.45) is 10.1. The molecule has 1 aromatic heterocycles. The molecule has 3 aliphatic rings. The Morgan fingerprint density at radius 2 is 1.92 bits per heavy atom. The monoisotopic (exact) mass is 346 g/mol. The third-order valence-corrected chi connectivity index (χ3v) is 6.55. The smallest absolute Gasteiger partial charge is 0.218 e. The average Bonchev–Trinajstić information content (AvgIpc) is 2.68. The van der Waals surface area contributed by atoms with E-state index >= 15 is 0 Å². The highest BCUT2D eigenvalue weighted by molar-refractivity contribution is 5.42. The summed E-state index contributed by atoms with van der Waals surface area (Å²) in [6.45, 7) is 3.77. The molecular weight excluding hydrogens is 316 g/mol. The van der Waals surface area contributed by atoms with Gasteiger partial charge in [-0.3, -0.25) is 4.90 Å². The number of hydrogen-bond acceptors (Lipinski definition) is 6. The maximum atomic E-state index is 11.2. The number of methoxy groups -OCH3 is 1. The Morgan fingerprint density at radius 3 is 2.72 bits per heavy atom. The van der Waals surface area contributed by atoms with Crippen LogP contribution in [-0.4, -0.2) is 64.9 Å². The first-order chi connectivity index (χ1) is 12.2. The van der Waals surface area contributed by atoms with Crippen molar-refractivity contribution in [1.82, 2.24) is 14.9 Å². The Morgan fingerprint density at radius 1 is 1.12 bits per heavy atom. The van der Waals surface area contributed by atoms with E-state index in [0.717, 1.165) is 50.9 Å². The van der Waals surface area contributed by atoms with Crippen LogP contribution >= 0.6 is 0 Å². The summed E-state index contributed by atoms with van der Waals surface area (Å²) >= 11 is 0. The number of aliphatic hydroxyl groups is 1. The molecule has 6 heteroatoms. The SMILES string of the molecule is COc1cc(N2CC[C@@]3(O)CCN(C4CCCCC4)C[C@H]3C2)ncn1. The van der Waals surface area contributed by atoms with E-state index in [1.165, 1.54) is 32.1 Å². The molecule has 0 bridgehead atoms. The molecule has 0 radical (unpaired) electrons. The van der Waals surface area contributed by atoms with Gasteiger partial charge in [0.2, 0.25) is 5.88 Å². The van der Waals surface area contributed by atoms with Crippen LogP contribution in [0.15, 0.2) is 12.4 Å². The predicted molar refractivity (Wildman–Crippen MR) is 96.9 cm³/mol. The summed E-state index contributed by atoms with van der Waals surface area (Å²) < 4.78 is 5.23. The van der Waals surface area contributed by atoms with Crippen LogP contribution in [0.2, 0.25) is 0 Å². The fourth-order valence-electron chi connectivity index (χ4n) is 4.93. The lowest BCUT2D eigenvalue weighted by Gasteiger charge is -2.52. The van der Waals surface area contributed by atoms with E-state index in [-0.39, 0.29) is 5.92 Å². The molecule has 2 aliphatic heterocycles. The van der Waals surface area contributed by atoms with Crippen molar-refractivity contribution in [2.45, 2.75) is 56.6 Å². The Kier molecular flexibility index (Phi) is 4.82. The fourth-order valence-corrected chi connectivity index (χ4v) is 4.93. The van der Waals surface area contributed by atoms with Crippen LogP contribution in [0.1, 0.15) is 44.9 Å². The van der Waals surface area contributed by atoms with E-state index in [4.69, 9.17) is 4.74 Å². The van der Waals surface area contributed by atoms with Crippen LogP contribution in [0.5, 0.6) is 5.88 Å². The molecule has 3 fully saturated rings. The Bertz CT molecular complexity index is 593. The number of anilines is 1. The van der Waals surface area contributed by atoms with Crippen molar-refractivity contribution in [3.63, 3.8) is 0 Å². The number of nitrogens with zero attached hydrogens (tertiary/aromatic N) is 4. The molecule has 0 unspecified atom stereocenters. The average molecular weight is 346 g/mol. The number of piperidine rings is 2. The summed E-state index contributed by atoms with van der Waals surface area (Å²) in [5.41, 5.74) is -0.501. The number of rotatable bonds is 3. The summed E-state index contributed by atoms with van der Waals surface area (Å²) in [7, 11) is 1.63. The molecule has 0 amide bonds. The third kappa shape index (κ3) is 3.47. The first-order valence-corrected chi connectivity index (χ1v) is 9.75. The topological polar surface area (TPSA) is 61.7 Å². The van der Waals surface area contributed by atoms with Crippen LogP contribution < -0.4 is 9.64 Å². The van der Waals surface area contributed by atoms with Crippen molar-refractivity contribution in [1.29, 1.82) is 0 Å². The molecule has 6 nitrogen and oxygen atoms in total. The highest BCUT2D eigenvalue weighted by Gasteiger charge is 2.46. The first kappa shape index (κ1) is 17.0. The Balaban J connectivity index is 1.46. The van der Waals surface area contributed by atoms with E-state index in [0.29, 0.717) is 5.88 Å². The number of fused-ring (bicyclic) bond motifs is 1. The van der Waals surface area contributed by atoms with Gasteiger partial charge in [0, 0.05) is 44.2 Å². The fraction of sp³-hybridized carbons (Fsp3) is 0.789. The quantitative estimate of drug-likeness (QED) is 0.904. The van der Waals surface area contributed by atoms with Crippen LogP contribution in [0.4, 0.5) is 5.82 Å². The van der Waals surface area contributed by atoms with Gasteiger partial charge in [-0.05, 0) is 25.7 Å². The second-order valence-electron chi connectivity index (χ2n) is 7.95. The van der Waals surface area contributed by atoms with Crippen LogP contribution in [0, 0.1) is 5.92 Å². The second kappa shape index (κ2) is 7.08. The van der Waals surface area contributed by atoms with E-state index in [2.05, 4.69) is 19.8 Å². The molecule has 0 aromatic carbocycles. The molecule has 3 heterocycles. The zero-order valence-corrected chi connectivity index (χ0v) is 15.2. The normalized spacial score (nSPS) is 31.6. The minimum atomic E-state index is -0.501. The van der Waals surface area contributed by atoms with Gasteiger partial charge in [0.15, 0.2) is 0 Å². The molecule has 4 rings (SSSR count). The minimum absolute atomic E-state index is 0.290. The lowest BCUT2D eigenvalue weighted by atomic mass is 9.75. The van der Waals surface area contributed by atoms with Gasteiger partial charge in [0.25, 0.3) is 0 Å². The van der Waals surface area contributed by atoms with Gasteiger partial charge in [-0.25, -0.2) is 9.97 Å². The summed E-state index contributed by atoms with van der Waals surface area (Å²) in [5, 5.41) is 11.2. The van der Waals surface area contributed by atoms with Gasteiger partial charge >= 0.3 is 0 Å². The van der Waals surface area contributed by atoms with Crippen LogP contribution in [0.3, 0.4) is 0 Å². The molecule has 138 valence electrons. The minimum Gasteiger partial charge on any atom is -0.481 e. The predicted octanol–water partition coefficient (Wildman–Crippen LogP) is 2.08. The largest absolute Gasteiger partial charge is 0.481 e. The molecule has 2 saturated heterocycles. The van der Waals surface area contributed by atoms with Gasteiger partial charge in [-0.1, -0.05) is 19.3 Å². The standard InChI is InChI=1S/C19H30N4O2/c1-25-18-11-17(20-14-21-18)23-10-8-19(24)7-9-22(12-15(19)13-23)16-5-3-2-4-6-16/h11,14-16,24H,2-10,12-13H2,1H3/t15-,19-/m0/s1. The number of hydrogen-bond donors (Lipinski definition) is 1. The zero-order chi connectivity index (χ0) is 17.3. The highest BCUT2D eigenvalue weighted by atomic mass is 16.5. The van der Waals surface area contributed by atoms with Gasteiger partial charge in [0.1, 0.15) is 12.1 Å². The molecule has 1 N–H and O–H groups in total. The van der Waals surface area contributed by atoms with Crippen molar-refractivity contribution < 1.29 is 9.84 Å². The van der Waals surface area contributed by atoms with Crippen molar-refractivity contribution in [3.05, 3.63) is 12.4 Å². The first-order valence-electron chi connectivity index (χ1n) is 9.75. The van der Waals surface area contributed by atoms with Gasteiger partial charge < -0.3 is 14.7 Å². The molecule has 0 spiro atoms. The van der Waals surface area contributed by atoms with E-state index in [1.54, 1.807) is 13.4 Å². The number of likely N-dealkylation sites (tertiary alicyclic amines) is 1. The maximum absolute atomic E-state index is 11.2. The van der Waals surface area contributed by atoms with E-state index in [1.807, 2.05) is 6.07 Å². The lowest BCUT2D eigenvalue weighted by molar-refractivity contribution is -0.0931. The molecule has 1 aliphatic carbocycles. The summed E-state index contributed by atoms with van der Waals surface area (Å²) in [5.74, 6) is 1.79. The van der Waals surface area contributed by atoms with Gasteiger partial charge in [-0.15, -0.1) is 0 Å². The van der Waals surface area contributed by atoms with Gasteiger partial charge in [-0.2, -0.15) is 0 Å². The van der Waals surface area contributed by atoms with Crippen molar-refractivity contribution in [2.75, 3.05) is 38.2 Å². The van der Waals surface area contributed by atoms with Crippen molar-refractivity contribution in [3.8, 4) is 5.88 Å². The Labute approximate surface area is 150 Å². The van der Waals surface area contributed by atoms with Crippen LogP contribution in [-0.2, 0) is 0 Å². The van der Waals surface area contributed by atoms with Crippen molar-refractivity contribution in [2.24, 2.45) is 5.92 Å². The molecule has 2 atom stereocenters. The maximum Gasteiger partial charge on any atom is 0.218 e. The molecular formula is C19H30N4O2. The van der Waals surface area contributed by atoms with Crippen molar-refractivity contribution >= 4 is 5.82 Å². The number of aromatic nitrogens is 2. The van der Waals surface area contributed by atoms with Crippen LogP contribution in [0.25, 0.3) is 0 Å². The molecule has 1 saturated carbocycles. The number of ether oxygens (including phenoxy) is 1. The zero-order valence-electron chi connectivity index (χ0n) is 15.2. The van der Waals surface area contributed by atoms with E-state index < -0.39 is 5.60 Å². The lowest BCUT2D eigenvalue weighted by Crippen LogP contribution is -2.61. The summed E-state index contributed by atoms with van der Waals surface area (Å²) in [4.78, 5) is 13.5. The Hall–Kier alpha value is -1.40. The molecule has 1 aromatic rings. The van der Waals surface area contributed by atoms with E-state index in [9.17, 15) is 5.11 Å². The highest BCUT2D eigenvalue weighted by Crippen LogP contribution is 2.38. The molecule has 25 heavy (non-hydrogen) atoms. The summed E-state index contributed by atoms with van der Waals surface area (Å²) in [6, 6.07) is 2.62. The van der Waals surface area contributed by atoms with Gasteiger partial charge in [0.05, 0.1) is 12.7 Å².